The summed E-state index contributed by atoms with van der Waals surface area (Å²) >= 11 is 1.38. The van der Waals surface area contributed by atoms with Crippen molar-refractivity contribution in [2.75, 3.05) is 24.7 Å². The Labute approximate surface area is 107 Å². The summed E-state index contributed by atoms with van der Waals surface area (Å²) in [5.74, 6) is 2.75. The summed E-state index contributed by atoms with van der Waals surface area (Å²) < 4.78 is 9.35. The number of rotatable bonds is 4. The van der Waals surface area contributed by atoms with Crippen LogP contribution >= 0.6 is 11.5 Å². The van der Waals surface area contributed by atoms with Gasteiger partial charge < -0.3 is 15.8 Å². The lowest BCUT2D eigenvalue weighted by Gasteiger charge is -2.28. The van der Waals surface area contributed by atoms with Crippen LogP contribution in [0.5, 0.6) is 5.75 Å². The lowest BCUT2D eigenvalue weighted by molar-refractivity contribution is 0.268. The molecule has 4 nitrogen and oxygen atoms in total. The maximum absolute atomic E-state index is 5.72. The van der Waals surface area contributed by atoms with Gasteiger partial charge in [-0.25, -0.2) is 0 Å². The van der Waals surface area contributed by atoms with E-state index in [0.717, 1.165) is 23.4 Å². The average molecular weight is 255 g/mol. The molecule has 3 N–H and O–H groups in total. The third kappa shape index (κ3) is 2.83. The fourth-order valence-electron chi connectivity index (χ4n) is 2.52. The second kappa shape index (κ2) is 5.58. The number of nitrogens with zero attached hydrogens (tertiary/aromatic N) is 1. The van der Waals surface area contributed by atoms with E-state index in [9.17, 15) is 0 Å². The Kier molecular flexibility index (Phi) is 4.10. The smallest absolute Gasteiger partial charge is 0.197 e. The van der Waals surface area contributed by atoms with Gasteiger partial charge in [0.15, 0.2) is 16.6 Å². The molecule has 0 saturated heterocycles. The van der Waals surface area contributed by atoms with Gasteiger partial charge in [-0.15, -0.1) is 0 Å². The Morgan fingerprint density at radius 2 is 2.24 bits per heavy atom. The molecule has 1 fully saturated rings. The summed E-state index contributed by atoms with van der Waals surface area (Å²) in [5, 5.41) is 4.40. The van der Waals surface area contributed by atoms with E-state index in [-0.39, 0.29) is 0 Å². The van der Waals surface area contributed by atoms with Crippen LogP contribution in [0.4, 0.5) is 10.8 Å². The van der Waals surface area contributed by atoms with E-state index < -0.39 is 0 Å². The van der Waals surface area contributed by atoms with Crippen LogP contribution in [0.15, 0.2) is 0 Å². The average Bonchev–Trinajstić information content (AvgIpc) is 2.69. The van der Waals surface area contributed by atoms with Crippen LogP contribution in [-0.2, 0) is 0 Å². The number of aromatic nitrogens is 1. The molecule has 1 heterocycles. The van der Waals surface area contributed by atoms with E-state index in [2.05, 4.69) is 16.6 Å². The summed E-state index contributed by atoms with van der Waals surface area (Å²) in [7, 11) is 1.63. The first-order valence-corrected chi connectivity index (χ1v) is 7.02. The Morgan fingerprint density at radius 1 is 1.47 bits per heavy atom. The lowest BCUT2D eigenvalue weighted by Crippen LogP contribution is -2.24. The molecular formula is C12H21N3OS. The zero-order valence-electron chi connectivity index (χ0n) is 10.5. The second-order valence-electron chi connectivity index (χ2n) is 4.83. The molecule has 0 bridgehead atoms. The minimum Gasteiger partial charge on any atom is -0.490 e. The van der Waals surface area contributed by atoms with Crippen LogP contribution in [0.25, 0.3) is 0 Å². The highest BCUT2D eigenvalue weighted by Crippen LogP contribution is 2.36. The number of methoxy groups -OCH3 is 1. The quantitative estimate of drug-likeness (QED) is 0.868. The van der Waals surface area contributed by atoms with Crippen molar-refractivity contribution in [3.05, 3.63) is 0 Å². The molecule has 2 atom stereocenters. The highest BCUT2D eigenvalue weighted by atomic mass is 32.1. The van der Waals surface area contributed by atoms with Crippen LogP contribution in [0.2, 0.25) is 0 Å². The van der Waals surface area contributed by atoms with Gasteiger partial charge in [-0.05, 0) is 29.8 Å². The Bertz CT molecular complexity index is 367. The van der Waals surface area contributed by atoms with Gasteiger partial charge in [0.1, 0.15) is 0 Å². The van der Waals surface area contributed by atoms with Crippen LogP contribution in [0.1, 0.15) is 32.6 Å². The van der Waals surface area contributed by atoms with Crippen LogP contribution < -0.4 is 15.8 Å². The van der Waals surface area contributed by atoms with Crippen molar-refractivity contribution in [1.29, 1.82) is 0 Å². The third-order valence-electron chi connectivity index (χ3n) is 3.69. The standard InChI is InChI=1S/C12H21N3OS/c1-8-5-3-4-6-9(8)7-14-12-10(16-2)11(13)15-17-12/h8-9,14H,3-7H2,1-2H3,(H2,13,15). The molecule has 2 rings (SSSR count). The van der Waals surface area contributed by atoms with Crippen molar-refractivity contribution in [2.24, 2.45) is 11.8 Å². The van der Waals surface area contributed by atoms with Gasteiger partial charge in [0.2, 0.25) is 0 Å². The van der Waals surface area contributed by atoms with Crippen molar-refractivity contribution in [3.8, 4) is 5.75 Å². The van der Waals surface area contributed by atoms with E-state index in [0.29, 0.717) is 11.6 Å². The zero-order chi connectivity index (χ0) is 12.3. The molecule has 0 spiro atoms. The first-order chi connectivity index (χ1) is 8.22. The summed E-state index contributed by atoms with van der Waals surface area (Å²) in [6, 6.07) is 0. The van der Waals surface area contributed by atoms with E-state index in [4.69, 9.17) is 10.5 Å². The number of anilines is 2. The first-order valence-electron chi connectivity index (χ1n) is 6.25. The van der Waals surface area contributed by atoms with Gasteiger partial charge in [0.05, 0.1) is 7.11 Å². The van der Waals surface area contributed by atoms with Gasteiger partial charge in [-0.2, -0.15) is 4.37 Å². The predicted molar refractivity (Wildman–Crippen MR) is 72.7 cm³/mol. The fraction of sp³-hybridized carbons (Fsp3) is 0.750. The summed E-state index contributed by atoms with van der Waals surface area (Å²) in [5.41, 5.74) is 5.72. The summed E-state index contributed by atoms with van der Waals surface area (Å²) in [4.78, 5) is 0. The molecule has 96 valence electrons. The van der Waals surface area contributed by atoms with Gasteiger partial charge in [0, 0.05) is 6.54 Å². The number of hydrogen-bond acceptors (Lipinski definition) is 5. The lowest BCUT2D eigenvalue weighted by atomic mass is 9.80. The number of nitrogens with one attached hydrogen (secondary N) is 1. The number of ether oxygens (including phenoxy) is 1. The molecule has 0 radical (unpaired) electrons. The minimum absolute atomic E-state index is 0.483. The summed E-state index contributed by atoms with van der Waals surface area (Å²) in [6.45, 7) is 3.35. The Morgan fingerprint density at radius 3 is 2.94 bits per heavy atom. The molecule has 0 amide bonds. The SMILES string of the molecule is COc1c(N)nsc1NCC1CCCCC1C. The van der Waals surface area contributed by atoms with Crippen LogP contribution in [-0.4, -0.2) is 18.0 Å². The molecule has 1 aliphatic carbocycles. The van der Waals surface area contributed by atoms with Gasteiger partial charge in [-0.1, -0.05) is 26.2 Å². The van der Waals surface area contributed by atoms with Gasteiger partial charge in [0.25, 0.3) is 0 Å². The topological polar surface area (TPSA) is 60.2 Å². The van der Waals surface area contributed by atoms with Crippen molar-refractivity contribution in [2.45, 2.75) is 32.6 Å². The van der Waals surface area contributed by atoms with E-state index in [1.807, 2.05) is 0 Å². The predicted octanol–water partition coefficient (Wildman–Crippen LogP) is 2.97. The molecule has 1 aromatic heterocycles. The molecule has 5 heteroatoms. The van der Waals surface area contributed by atoms with Crippen molar-refractivity contribution >= 4 is 22.4 Å². The number of nitrogens with two attached hydrogens (primary N) is 1. The Hall–Kier alpha value is -0.970. The van der Waals surface area contributed by atoms with Gasteiger partial charge >= 0.3 is 0 Å². The molecule has 1 saturated carbocycles. The fourth-order valence-corrected chi connectivity index (χ4v) is 3.22. The Balaban J connectivity index is 1.92. The second-order valence-corrected chi connectivity index (χ2v) is 5.61. The highest BCUT2D eigenvalue weighted by molar-refractivity contribution is 7.11. The first kappa shape index (κ1) is 12.5. The van der Waals surface area contributed by atoms with Crippen molar-refractivity contribution < 1.29 is 4.74 Å². The monoisotopic (exact) mass is 255 g/mol. The molecule has 2 unspecified atom stereocenters. The molecular weight excluding hydrogens is 234 g/mol. The van der Waals surface area contributed by atoms with Crippen LogP contribution in [0.3, 0.4) is 0 Å². The molecule has 17 heavy (non-hydrogen) atoms. The number of hydrogen-bond donors (Lipinski definition) is 2. The summed E-state index contributed by atoms with van der Waals surface area (Å²) in [6.07, 6.45) is 5.42. The molecule has 0 aromatic carbocycles. The minimum atomic E-state index is 0.483. The maximum atomic E-state index is 5.72. The van der Waals surface area contributed by atoms with Crippen LogP contribution in [0, 0.1) is 11.8 Å². The van der Waals surface area contributed by atoms with Crippen molar-refractivity contribution in [3.63, 3.8) is 0 Å². The van der Waals surface area contributed by atoms with E-state index in [1.54, 1.807) is 7.11 Å². The largest absolute Gasteiger partial charge is 0.490 e. The maximum Gasteiger partial charge on any atom is 0.197 e. The molecule has 1 aliphatic rings. The van der Waals surface area contributed by atoms with Gasteiger partial charge in [-0.3, -0.25) is 0 Å². The number of nitrogen functional groups attached to an aromatic ring is 1. The van der Waals surface area contributed by atoms with E-state index in [1.165, 1.54) is 37.2 Å². The van der Waals surface area contributed by atoms with Crippen molar-refractivity contribution in [1.82, 2.24) is 4.37 Å². The normalized spacial score (nSPS) is 24.6. The third-order valence-corrected chi connectivity index (χ3v) is 4.49. The molecule has 0 aliphatic heterocycles. The van der Waals surface area contributed by atoms with E-state index >= 15 is 0 Å². The zero-order valence-corrected chi connectivity index (χ0v) is 11.3. The molecule has 1 aromatic rings. The highest BCUT2D eigenvalue weighted by Gasteiger charge is 2.22.